The summed E-state index contributed by atoms with van der Waals surface area (Å²) in [5.74, 6) is 0.173. The maximum Gasteiger partial charge on any atom is 0.283 e. The highest BCUT2D eigenvalue weighted by Gasteiger charge is 2.56. The van der Waals surface area contributed by atoms with Gasteiger partial charge in [0.25, 0.3) is 5.54 Å². The van der Waals surface area contributed by atoms with Gasteiger partial charge >= 0.3 is 0 Å². The van der Waals surface area contributed by atoms with Crippen molar-refractivity contribution in [2.75, 3.05) is 7.11 Å². The van der Waals surface area contributed by atoms with E-state index in [1.807, 2.05) is 18.2 Å². The van der Waals surface area contributed by atoms with E-state index < -0.39 is 5.54 Å². The Balaban J connectivity index is 2.14. The molecule has 5 heteroatoms. The predicted molar refractivity (Wildman–Crippen MR) is 77.3 cm³/mol. The Morgan fingerprint density at radius 2 is 2.14 bits per heavy atom. The quantitative estimate of drug-likeness (QED) is 0.620. The summed E-state index contributed by atoms with van der Waals surface area (Å²) in [5, 5.41) is 11.7. The van der Waals surface area contributed by atoms with Gasteiger partial charge in [-0.15, -0.1) is 0 Å². The third kappa shape index (κ3) is 2.11. The van der Waals surface area contributed by atoms with Crippen molar-refractivity contribution in [2.24, 2.45) is 0 Å². The second kappa shape index (κ2) is 5.13. The number of hydrogen-bond acceptors (Lipinski definition) is 4. The standard InChI is InChI=1S/C16H19NO4/c1-21-12-6-7-13-11(9-12)10-16(17(19)20)8-4-2-3-5-14(13)15(16)18/h6-7,9,14H,2-5,8,10H2,1H3/t14-,16-/m1/s1. The van der Waals surface area contributed by atoms with Crippen molar-refractivity contribution in [1.82, 2.24) is 0 Å². The fourth-order valence-electron chi connectivity index (χ4n) is 3.76. The number of nitrogens with zero attached hydrogens (tertiary/aromatic N) is 1. The van der Waals surface area contributed by atoms with Gasteiger partial charge < -0.3 is 4.74 Å². The Bertz CT molecular complexity index is 598. The lowest BCUT2D eigenvalue weighted by Crippen LogP contribution is -2.53. The molecule has 0 saturated heterocycles. The topological polar surface area (TPSA) is 69.4 Å². The number of hydrogen-bond donors (Lipinski definition) is 0. The van der Waals surface area contributed by atoms with Crippen LogP contribution in [0.15, 0.2) is 18.2 Å². The number of rotatable bonds is 2. The molecule has 3 rings (SSSR count). The van der Waals surface area contributed by atoms with Crippen LogP contribution in [0.5, 0.6) is 5.75 Å². The SMILES string of the molecule is COc1ccc2c(c1)C[C@]1([N+](=O)[O-])CCCCC[C@H]2C1=O. The second-order valence-corrected chi connectivity index (χ2v) is 6.05. The van der Waals surface area contributed by atoms with Crippen molar-refractivity contribution in [1.29, 1.82) is 0 Å². The van der Waals surface area contributed by atoms with E-state index in [9.17, 15) is 14.9 Å². The first-order valence-electron chi connectivity index (χ1n) is 7.44. The molecule has 0 radical (unpaired) electrons. The molecule has 1 aromatic rings. The number of carbonyl (C=O) groups is 1. The number of Topliss-reactive ketones (excluding diaryl/α,β-unsaturated/α-hetero) is 1. The van der Waals surface area contributed by atoms with Crippen molar-refractivity contribution < 1.29 is 14.5 Å². The molecule has 2 bridgehead atoms. The minimum absolute atomic E-state index is 0.190. The molecule has 0 aromatic heterocycles. The average Bonchev–Trinajstić information content (AvgIpc) is 2.48. The van der Waals surface area contributed by atoms with Crippen LogP contribution in [-0.2, 0) is 11.2 Å². The second-order valence-electron chi connectivity index (χ2n) is 6.05. The van der Waals surface area contributed by atoms with E-state index in [0.29, 0.717) is 18.6 Å². The van der Waals surface area contributed by atoms with Crippen LogP contribution in [0.25, 0.3) is 0 Å². The van der Waals surface area contributed by atoms with Gasteiger partial charge in [-0.1, -0.05) is 18.9 Å². The molecule has 21 heavy (non-hydrogen) atoms. The average molecular weight is 289 g/mol. The molecule has 1 aromatic carbocycles. The summed E-state index contributed by atoms with van der Waals surface area (Å²) >= 11 is 0. The maximum atomic E-state index is 12.8. The van der Waals surface area contributed by atoms with Crippen LogP contribution in [0.4, 0.5) is 0 Å². The fourth-order valence-corrected chi connectivity index (χ4v) is 3.76. The van der Waals surface area contributed by atoms with Gasteiger partial charge in [0, 0.05) is 11.3 Å². The smallest absolute Gasteiger partial charge is 0.283 e. The van der Waals surface area contributed by atoms with E-state index in [2.05, 4.69) is 0 Å². The highest BCUT2D eigenvalue weighted by molar-refractivity contribution is 5.95. The van der Waals surface area contributed by atoms with Crippen LogP contribution < -0.4 is 4.74 Å². The molecule has 2 aliphatic carbocycles. The summed E-state index contributed by atoms with van der Waals surface area (Å²) in [5.41, 5.74) is 0.433. The summed E-state index contributed by atoms with van der Waals surface area (Å²) < 4.78 is 5.22. The lowest BCUT2D eigenvalue weighted by Gasteiger charge is -2.36. The molecular formula is C16H19NO4. The van der Waals surface area contributed by atoms with E-state index >= 15 is 0 Å². The molecule has 112 valence electrons. The maximum absolute atomic E-state index is 12.8. The summed E-state index contributed by atoms with van der Waals surface area (Å²) in [6.07, 6.45) is 3.93. The van der Waals surface area contributed by atoms with Crippen LogP contribution in [0.1, 0.15) is 49.1 Å². The minimum Gasteiger partial charge on any atom is -0.497 e. The number of carbonyl (C=O) groups excluding carboxylic acids is 1. The highest BCUT2D eigenvalue weighted by Crippen LogP contribution is 2.43. The molecule has 5 nitrogen and oxygen atoms in total. The van der Waals surface area contributed by atoms with Gasteiger partial charge in [0.1, 0.15) is 5.75 Å². The van der Waals surface area contributed by atoms with Crippen LogP contribution in [0, 0.1) is 10.1 Å². The zero-order valence-electron chi connectivity index (χ0n) is 12.1. The fraction of sp³-hybridized carbons (Fsp3) is 0.562. The van der Waals surface area contributed by atoms with E-state index in [-0.39, 0.29) is 23.0 Å². The van der Waals surface area contributed by atoms with E-state index in [1.165, 1.54) is 0 Å². The first-order chi connectivity index (χ1) is 10.1. The van der Waals surface area contributed by atoms with Crippen molar-refractivity contribution in [3.8, 4) is 5.75 Å². The molecule has 0 amide bonds. The molecule has 1 fully saturated rings. The molecule has 0 N–H and O–H groups in total. The van der Waals surface area contributed by atoms with Crippen molar-refractivity contribution in [2.45, 2.75) is 50.0 Å². The van der Waals surface area contributed by atoms with Crippen LogP contribution >= 0.6 is 0 Å². The molecule has 2 aliphatic rings. The van der Waals surface area contributed by atoms with Gasteiger partial charge in [0.05, 0.1) is 19.4 Å². The molecule has 0 aliphatic heterocycles. The van der Waals surface area contributed by atoms with E-state index in [4.69, 9.17) is 4.74 Å². The highest BCUT2D eigenvalue weighted by atomic mass is 16.6. The Labute approximate surface area is 123 Å². The van der Waals surface area contributed by atoms with Crippen LogP contribution in [-0.4, -0.2) is 23.4 Å². The zero-order chi connectivity index (χ0) is 15.0. The Kier molecular flexibility index (Phi) is 3.43. The number of benzene rings is 1. The summed E-state index contributed by atoms with van der Waals surface area (Å²) in [6, 6.07) is 5.60. The third-order valence-corrected chi connectivity index (χ3v) is 4.92. The van der Waals surface area contributed by atoms with Gasteiger partial charge in [0.15, 0.2) is 0 Å². The monoisotopic (exact) mass is 289 g/mol. The summed E-state index contributed by atoms with van der Waals surface area (Å²) in [6.45, 7) is 0. The first-order valence-corrected chi connectivity index (χ1v) is 7.44. The van der Waals surface area contributed by atoms with Crippen molar-refractivity contribution >= 4 is 5.78 Å². The minimum atomic E-state index is -1.43. The zero-order valence-corrected chi connectivity index (χ0v) is 12.1. The van der Waals surface area contributed by atoms with Gasteiger partial charge in [-0.05, 0) is 36.1 Å². The molecule has 0 unspecified atom stereocenters. The number of fused-ring (bicyclic) bond motifs is 4. The summed E-state index contributed by atoms with van der Waals surface area (Å²) in [7, 11) is 1.58. The number of nitro groups is 1. The largest absolute Gasteiger partial charge is 0.497 e. The lowest BCUT2D eigenvalue weighted by atomic mass is 9.66. The molecular weight excluding hydrogens is 270 g/mol. The predicted octanol–water partition coefficient (Wildman–Crippen LogP) is 2.88. The Morgan fingerprint density at radius 1 is 1.33 bits per heavy atom. The first kappa shape index (κ1) is 14.0. The van der Waals surface area contributed by atoms with Gasteiger partial charge in [-0.25, -0.2) is 0 Å². The summed E-state index contributed by atoms with van der Waals surface area (Å²) in [4.78, 5) is 24.1. The molecule has 0 spiro atoms. The number of ether oxygens (including phenoxy) is 1. The lowest BCUT2D eigenvalue weighted by molar-refractivity contribution is -0.554. The van der Waals surface area contributed by atoms with E-state index in [1.54, 1.807) is 7.11 Å². The Hall–Kier alpha value is -1.91. The van der Waals surface area contributed by atoms with Crippen LogP contribution in [0.3, 0.4) is 0 Å². The van der Waals surface area contributed by atoms with Crippen molar-refractivity contribution in [3.05, 3.63) is 39.4 Å². The number of ketones is 1. The number of methoxy groups -OCH3 is 1. The van der Waals surface area contributed by atoms with Gasteiger partial charge in [-0.2, -0.15) is 0 Å². The molecule has 0 heterocycles. The van der Waals surface area contributed by atoms with Crippen LogP contribution in [0.2, 0.25) is 0 Å². The third-order valence-electron chi connectivity index (χ3n) is 4.92. The van der Waals surface area contributed by atoms with Gasteiger partial charge in [0.2, 0.25) is 5.78 Å². The molecule has 1 saturated carbocycles. The van der Waals surface area contributed by atoms with Gasteiger partial charge in [-0.3, -0.25) is 14.9 Å². The van der Waals surface area contributed by atoms with E-state index in [0.717, 1.165) is 30.4 Å². The van der Waals surface area contributed by atoms with Crippen molar-refractivity contribution in [3.63, 3.8) is 0 Å². The Morgan fingerprint density at radius 3 is 2.86 bits per heavy atom. The normalized spacial score (nSPS) is 28.2. The molecule has 2 atom stereocenters.